The van der Waals surface area contributed by atoms with Gasteiger partial charge in [0.15, 0.2) is 11.6 Å². The molecule has 166 valence electrons. The van der Waals surface area contributed by atoms with Gasteiger partial charge in [-0.05, 0) is 91.0 Å². The lowest BCUT2D eigenvalue weighted by Crippen LogP contribution is -2.30. The molecular weight excluding hydrogens is 393 g/mol. The van der Waals surface area contributed by atoms with Crippen LogP contribution in [0.4, 0.5) is 13.2 Å². The molecule has 0 radical (unpaired) electrons. The molecule has 0 spiro atoms. The summed E-state index contributed by atoms with van der Waals surface area (Å²) < 4.78 is 44.2. The Morgan fingerprint density at radius 2 is 1.55 bits per heavy atom. The van der Waals surface area contributed by atoms with Crippen LogP contribution in [0, 0.1) is 42.1 Å². The Balaban J connectivity index is 1.32. The molecule has 3 aliphatic carbocycles. The van der Waals surface area contributed by atoms with Crippen LogP contribution >= 0.6 is 0 Å². The van der Waals surface area contributed by atoms with Gasteiger partial charge in [0.1, 0.15) is 5.82 Å². The summed E-state index contributed by atoms with van der Waals surface area (Å²) in [7, 11) is 0. The third-order valence-corrected chi connectivity index (χ3v) is 8.48. The summed E-state index contributed by atoms with van der Waals surface area (Å²) in [5.74, 6) is 0.497. The molecule has 0 saturated heterocycles. The molecule has 2 aromatic rings. The molecule has 2 saturated carbocycles. The molecule has 3 heteroatoms. The zero-order valence-electron chi connectivity index (χ0n) is 18.7. The van der Waals surface area contributed by atoms with E-state index in [-0.39, 0.29) is 22.9 Å². The van der Waals surface area contributed by atoms with E-state index in [9.17, 15) is 8.78 Å². The maximum atomic E-state index is 15.6. The van der Waals surface area contributed by atoms with Crippen LogP contribution in [-0.4, -0.2) is 0 Å². The highest BCUT2D eigenvalue weighted by molar-refractivity contribution is 6.03. The third-order valence-electron chi connectivity index (χ3n) is 8.48. The molecule has 31 heavy (non-hydrogen) atoms. The van der Waals surface area contributed by atoms with Gasteiger partial charge < -0.3 is 0 Å². The van der Waals surface area contributed by atoms with Gasteiger partial charge >= 0.3 is 0 Å². The molecule has 5 rings (SSSR count). The zero-order chi connectivity index (χ0) is 21.7. The highest BCUT2D eigenvalue weighted by Gasteiger charge is 2.39. The molecule has 0 aliphatic heterocycles. The first-order chi connectivity index (χ1) is 15.0. The standard InChI is InChI=1S/C28H33F3/c1-3-4-5-6-17-7-8-19-15-20(10-9-18(19)14-17)21-11-12-22-23-13-16(2)26(29)28(31)25(23)24(22)27(21)30/h11-13,17-20H,3-10,14-15H2,1-2H3. The minimum absolute atomic E-state index is 0.138. The van der Waals surface area contributed by atoms with Gasteiger partial charge in [-0.25, -0.2) is 13.2 Å². The smallest absolute Gasteiger partial charge is 0.167 e. The number of hydrogen-bond acceptors (Lipinski definition) is 0. The van der Waals surface area contributed by atoms with Crippen molar-refractivity contribution in [2.75, 3.05) is 0 Å². The molecular formula is C28H33F3. The SMILES string of the molecule is CCCCCC1CCC2CC(c3ccc4c(c3F)-c3c-4cc(C)c(F)c3F)CCC2C1. The van der Waals surface area contributed by atoms with Crippen molar-refractivity contribution >= 4 is 0 Å². The van der Waals surface area contributed by atoms with Crippen molar-refractivity contribution in [3.8, 4) is 22.3 Å². The van der Waals surface area contributed by atoms with E-state index < -0.39 is 11.6 Å². The zero-order valence-corrected chi connectivity index (χ0v) is 18.7. The molecule has 0 N–H and O–H groups in total. The number of aryl methyl sites for hydroxylation is 1. The number of benzene rings is 2. The summed E-state index contributed by atoms with van der Waals surface area (Å²) in [5.41, 5.74) is 2.79. The lowest BCUT2D eigenvalue weighted by atomic mass is 9.63. The summed E-state index contributed by atoms with van der Waals surface area (Å²) >= 11 is 0. The van der Waals surface area contributed by atoms with Crippen molar-refractivity contribution in [2.24, 2.45) is 17.8 Å². The Morgan fingerprint density at radius 3 is 2.35 bits per heavy atom. The number of rotatable bonds is 5. The van der Waals surface area contributed by atoms with Crippen LogP contribution in [0.15, 0.2) is 18.2 Å². The monoisotopic (exact) mass is 426 g/mol. The van der Waals surface area contributed by atoms with Gasteiger partial charge in [0.25, 0.3) is 0 Å². The molecule has 3 aliphatic rings. The van der Waals surface area contributed by atoms with E-state index in [1.807, 2.05) is 12.1 Å². The number of halogens is 3. The van der Waals surface area contributed by atoms with Crippen LogP contribution < -0.4 is 0 Å². The molecule has 4 atom stereocenters. The van der Waals surface area contributed by atoms with Crippen LogP contribution in [-0.2, 0) is 0 Å². The summed E-state index contributed by atoms with van der Waals surface area (Å²) in [5, 5.41) is 0. The van der Waals surface area contributed by atoms with E-state index in [0.29, 0.717) is 22.6 Å². The molecule has 2 fully saturated rings. The average molecular weight is 427 g/mol. The van der Waals surface area contributed by atoms with Crippen molar-refractivity contribution < 1.29 is 13.2 Å². The van der Waals surface area contributed by atoms with Crippen LogP contribution in [0.3, 0.4) is 0 Å². The predicted octanol–water partition coefficient (Wildman–Crippen LogP) is 8.94. The number of hydrogen-bond donors (Lipinski definition) is 0. The molecule has 0 amide bonds. The van der Waals surface area contributed by atoms with Gasteiger partial charge in [-0.3, -0.25) is 0 Å². The van der Waals surface area contributed by atoms with Gasteiger partial charge in [0, 0.05) is 11.1 Å². The minimum atomic E-state index is -0.899. The topological polar surface area (TPSA) is 0 Å². The van der Waals surface area contributed by atoms with Crippen molar-refractivity contribution in [3.63, 3.8) is 0 Å². The first-order valence-electron chi connectivity index (χ1n) is 12.3. The highest BCUT2D eigenvalue weighted by Crippen LogP contribution is 2.54. The van der Waals surface area contributed by atoms with Crippen LogP contribution in [0.5, 0.6) is 0 Å². The lowest BCUT2D eigenvalue weighted by molar-refractivity contribution is 0.112. The number of unbranched alkanes of at least 4 members (excludes halogenated alkanes) is 2. The summed E-state index contributed by atoms with van der Waals surface area (Å²) in [6.45, 7) is 3.82. The second-order valence-corrected chi connectivity index (χ2v) is 10.3. The lowest BCUT2D eigenvalue weighted by Gasteiger charge is -2.43. The van der Waals surface area contributed by atoms with E-state index in [4.69, 9.17) is 0 Å². The highest BCUT2D eigenvalue weighted by atomic mass is 19.2. The summed E-state index contributed by atoms with van der Waals surface area (Å²) in [6.07, 6.45) is 12.5. The van der Waals surface area contributed by atoms with E-state index in [1.54, 1.807) is 13.0 Å². The molecule has 0 nitrogen and oxygen atoms in total. The maximum absolute atomic E-state index is 15.6. The fourth-order valence-corrected chi connectivity index (χ4v) is 6.74. The Labute approximate surface area is 184 Å². The van der Waals surface area contributed by atoms with Crippen molar-refractivity contribution in [3.05, 3.63) is 46.8 Å². The fraction of sp³-hybridized carbons (Fsp3) is 0.571. The van der Waals surface area contributed by atoms with Gasteiger partial charge in [0.2, 0.25) is 0 Å². The second kappa shape index (κ2) is 8.30. The maximum Gasteiger partial charge on any atom is 0.167 e. The Morgan fingerprint density at radius 1 is 0.806 bits per heavy atom. The van der Waals surface area contributed by atoms with E-state index in [1.165, 1.54) is 51.4 Å². The van der Waals surface area contributed by atoms with E-state index in [2.05, 4.69) is 6.92 Å². The quantitative estimate of drug-likeness (QED) is 0.357. The van der Waals surface area contributed by atoms with Crippen LogP contribution in [0.1, 0.15) is 88.2 Å². The first-order valence-corrected chi connectivity index (χ1v) is 12.3. The van der Waals surface area contributed by atoms with Crippen molar-refractivity contribution in [1.82, 2.24) is 0 Å². The largest absolute Gasteiger partial charge is 0.206 e. The Hall–Kier alpha value is -1.77. The Bertz CT molecular complexity index is 992. The van der Waals surface area contributed by atoms with Crippen molar-refractivity contribution in [1.29, 1.82) is 0 Å². The van der Waals surface area contributed by atoms with Crippen LogP contribution in [0.2, 0.25) is 0 Å². The second-order valence-electron chi connectivity index (χ2n) is 10.3. The normalized spacial score (nSPS) is 26.6. The van der Waals surface area contributed by atoms with Gasteiger partial charge in [-0.1, -0.05) is 51.2 Å². The molecule has 4 unspecified atom stereocenters. The molecule has 0 bridgehead atoms. The van der Waals surface area contributed by atoms with Gasteiger partial charge in [-0.2, -0.15) is 0 Å². The van der Waals surface area contributed by atoms with Gasteiger partial charge in [0.05, 0.1) is 0 Å². The van der Waals surface area contributed by atoms with Crippen LogP contribution in [0.25, 0.3) is 22.3 Å². The average Bonchev–Trinajstić information content (AvgIpc) is 2.76. The minimum Gasteiger partial charge on any atom is -0.206 e. The molecule has 2 aromatic carbocycles. The summed E-state index contributed by atoms with van der Waals surface area (Å²) in [6, 6.07) is 5.47. The third kappa shape index (κ3) is 3.52. The van der Waals surface area contributed by atoms with Gasteiger partial charge in [-0.15, -0.1) is 0 Å². The number of fused-ring (bicyclic) bond motifs is 5. The molecule has 0 heterocycles. The van der Waals surface area contributed by atoms with Crippen molar-refractivity contribution in [2.45, 2.75) is 84.0 Å². The Kier molecular flexibility index (Phi) is 5.65. The van der Waals surface area contributed by atoms with E-state index >= 15 is 4.39 Å². The predicted molar refractivity (Wildman–Crippen MR) is 121 cm³/mol. The first kappa shape index (κ1) is 21.1. The van der Waals surface area contributed by atoms with E-state index in [0.717, 1.165) is 30.2 Å². The summed E-state index contributed by atoms with van der Waals surface area (Å²) in [4.78, 5) is 0. The fourth-order valence-electron chi connectivity index (χ4n) is 6.74. The molecule has 0 aromatic heterocycles.